The van der Waals surface area contributed by atoms with Gasteiger partial charge in [-0.25, -0.2) is 0 Å². The zero-order valence-electron chi connectivity index (χ0n) is 16.2. The molecule has 1 saturated heterocycles. The molecule has 1 fully saturated rings. The number of epoxide rings is 1. The average molecular weight is 365 g/mol. The van der Waals surface area contributed by atoms with Crippen molar-refractivity contribution in [2.24, 2.45) is 5.41 Å². The van der Waals surface area contributed by atoms with E-state index in [1.807, 2.05) is 13.0 Å². The third-order valence-corrected chi connectivity index (χ3v) is 4.09. The first-order chi connectivity index (χ1) is 12.2. The Morgan fingerprint density at radius 2 is 1.85 bits per heavy atom. The van der Waals surface area contributed by atoms with Crippen molar-refractivity contribution in [2.75, 3.05) is 21.0 Å². The molecule has 1 aromatic carbocycles. The molecule has 2 atom stereocenters. The number of nitrogens with zero attached hydrogens (tertiary/aromatic N) is 1. The summed E-state index contributed by atoms with van der Waals surface area (Å²) in [5.41, 5.74) is 0.136. The molecule has 0 aliphatic carbocycles. The lowest BCUT2D eigenvalue weighted by atomic mass is 9.97. The van der Waals surface area contributed by atoms with E-state index in [0.29, 0.717) is 11.5 Å². The number of carbonyl (C=O) groups excluding carboxylic acids is 2. The molecule has 1 heterocycles. The fraction of sp³-hybridized carbons (Fsp3) is 0.579. The summed E-state index contributed by atoms with van der Waals surface area (Å²) in [5, 5.41) is 0. The molecule has 0 radical (unpaired) electrons. The maximum absolute atomic E-state index is 12.6. The first-order valence-electron chi connectivity index (χ1n) is 8.49. The molecule has 7 heteroatoms. The van der Waals surface area contributed by atoms with E-state index in [4.69, 9.17) is 18.9 Å². The third kappa shape index (κ3) is 4.88. The van der Waals surface area contributed by atoms with E-state index in [-0.39, 0.29) is 31.3 Å². The average Bonchev–Trinajstić information content (AvgIpc) is 3.33. The number of esters is 1. The molecular weight excluding hydrogens is 338 g/mol. The van der Waals surface area contributed by atoms with Gasteiger partial charge in [0.2, 0.25) is 0 Å². The van der Waals surface area contributed by atoms with Crippen LogP contribution in [0.15, 0.2) is 18.2 Å². The second kappa shape index (κ2) is 7.95. The van der Waals surface area contributed by atoms with Crippen molar-refractivity contribution in [3.05, 3.63) is 23.8 Å². The minimum absolute atomic E-state index is 0.124. The summed E-state index contributed by atoms with van der Waals surface area (Å²) in [6.45, 7) is 7.21. The van der Waals surface area contributed by atoms with Crippen LogP contribution < -0.4 is 9.47 Å². The molecular formula is C19H27NO6. The van der Waals surface area contributed by atoms with Crippen LogP contribution in [0.4, 0.5) is 0 Å². The Morgan fingerprint density at radius 1 is 1.19 bits per heavy atom. The van der Waals surface area contributed by atoms with Gasteiger partial charge in [0.25, 0.3) is 5.91 Å². The van der Waals surface area contributed by atoms with Gasteiger partial charge < -0.3 is 23.8 Å². The number of ether oxygens (including phenoxy) is 4. The smallest absolute Gasteiger partial charge is 0.312 e. The highest BCUT2D eigenvalue weighted by Crippen LogP contribution is 2.28. The van der Waals surface area contributed by atoms with Crippen LogP contribution in [-0.4, -0.2) is 49.9 Å². The summed E-state index contributed by atoms with van der Waals surface area (Å²) in [6, 6.07) is 5.36. The van der Waals surface area contributed by atoms with Crippen molar-refractivity contribution in [1.82, 2.24) is 4.90 Å². The van der Waals surface area contributed by atoms with Crippen molar-refractivity contribution in [1.29, 1.82) is 0 Å². The maximum Gasteiger partial charge on any atom is 0.312 e. The van der Waals surface area contributed by atoms with Crippen LogP contribution in [0.3, 0.4) is 0 Å². The van der Waals surface area contributed by atoms with Crippen LogP contribution in [0.5, 0.6) is 11.5 Å². The summed E-state index contributed by atoms with van der Waals surface area (Å²) >= 11 is 0. The van der Waals surface area contributed by atoms with E-state index in [2.05, 4.69) is 0 Å². The van der Waals surface area contributed by atoms with Crippen LogP contribution in [0, 0.1) is 5.41 Å². The highest BCUT2D eigenvalue weighted by atomic mass is 16.6. The van der Waals surface area contributed by atoms with Gasteiger partial charge in [-0.1, -0.05) is 0 Å². The molecule has 0 bridgehead atoms. The Labute approximate surface area is 154 Å². The zero-order chi connectivity index (χ0) is 19.5. The normalized spacial score (nSPS) is 18.8. The Hall–Kier alpha value is -2.28. The summed E-state index contributed by atoms with van der Waals surface area (Å²) < 4.78 is 21.2. The zero-order valence-corrected chi connectivity index (χ0v) is 16.2. The quantitative estimate of drug-likeness (QED) is 0.419. The summed E-state index contributed by atoms with van der Waals surface area (Å²) in [6.07, 6.45) is -0.617. The minimum atomic E-state index is -0.643. The lowest BCUT2D eigenvalue weighted by Gasteiger charge is -2.25. The summed E-state index contributed by atoms with van der Waals surface area (Å²) in [5.74, 6) is 0.662. The summed E-state index contributed by atoms with van der Waals surface area (Å²) in [7, 11) is 3.12. The topological polar surface area (TPSA) is 77.6 Å². The SMILES string of the molecule is COc1ccc(CN(COC(=O)C(C)(C)C)C(=O)[C@@H]2O[C@@H]2C)c(OC)c1. The standard InChI is InChI=1S/C19H27NO6/c1-12-16(26-12)17(21)20(11-25-18(22)19(2,3)4)10-13-7-8-14(23-5)9-15(13)24-6/h7-9,12,16H,10-11H2,1-6H3/t12-,16-/m1/s1. The Balaban J connectivity index is 2.16. The van der Waals surface area contributed by atoms with Crippen LogP contribution in [-0.2, 0) is 25.6 Å². The second-order valence-corrected chi connectivity index (χ2v) is 7.29. The van der Waals surface area contributed by atoms with Crippen LogP contribution >= 0.6 is 0 Å². The van der Waals surface area contributed by atoms with Gasteiger partial charge in [-0.2, -0.15) is 0 Å². The van der Waals surface area contributed by atoms with E-state index < -0.39 is 11.5 Å². The van der Waals surface area contributed by atoms with Gasteiger partial charge in [0.15, 0.2) is 12.8 Å². The van der Waals surface area contributed by atoms with Gasteiger partial charge in [0, 0.05) is 11.6 Å². The number of amides is 1. The van der Waals surface area contributed by atoms with Crippen molar-refractivity contribution in [3.8, 4) is 11.5 Å². The van der Waals surface area contributed by atoms with Gasteiger partial charge in [0.1, 0.15) is 11.5 Å². The molecule has 144 valence electrons. The number of hydrogen-bond donors (Lipinski definition) is 0. The van der Waals surface area contributed by atoms with Crippen LogP contribution in [0.1, 0.15) is 33.3 Å². The molecule has 1 aliphatic heterocycles. The van der Waals surface area contributed by atoms with E-state index in [1.165, 1.54) is 4.90 Å². The van der Waals surface area contributed by atoms with Gasteiger partial charge in [0.05, 0.1) is 32.3 Å². The second-order valence-electron chi connectivity index (χ2n) is 7.29. The number of rotatable bonds is 7. The van der Waals surface area contributed by atoms with Crippen molar-refractivity contribution < 1.29 is 28.5 Å². The first kappa shape index (κ1) is 20.0. The number of hydrogen-bond acceptors (Lipinski definition) is 6. The van der Waals surface area contributed by atoms with Crippen molar-refractivity contribution in [3.63, 3.8) is 0 Å². The van der Waals surface area contributed by atoms with Crippen LogP contribution in [0.25, 0.3) is 0 Å². The molecule has 0 unspecified atom stereocenters. The fourth-order valence-electron chi connectivity index (χ4n) is 2.35. The highest BCUT2D eigenvalue weighted by molar-refractivity contribution is 5.84. The molecule has 2 rings (SSSR count). The molecule has 26 heavy (non-hydrogen) atoms. The van der Waals surface area contributed by atoms with E-state index in [0.717, 1.165) is 5.56 Å². The minimum Gasteiger partial charge on any atom is -0.497 e. The Kier molecular flexibility index (Phi) is 6.13. The molecule has 0 aromatic heterocycles. The number of benzene rings is 1. The molecule has 1 aromatic rings. The van der Waals surface area contributed by atoms with E-state index >= 15 is 0 Å². The molecule has 1 amide bonds. The van der Waals surface area contributed by atoms with Gasteiger partial charge in [-0.3, -0.25) is 9.59 Å². The number of carbonyl (C=O) groups is 2. The molecule has 0 N–H and O–H groups in total. The largest absolute Gasteiger partial charge is 0.497 e. The van der Waals surface area contributed by atoms with Crippen molar-refractivity contribution in [2.45, 2.75) is 46.4 Å². The van der Waals surface area contributed by atoms with Crippen molar-refractivity contribution >= 4 is 11.9 Å². The third-order valence-electron chi connectivity index (χ3n) is 4.09. The first-order valence-corrected chi connectivity index (χ1v) is 8.49. The van der Waals surface area contributed by atoms with Gasteiger partial charge in [-0.05, 0) is 39.8 Å². The predicted octanol–water partition coefficient (Wildman–Crippen LogP) is 2.37. The monoisotopic (exact) mass is 365 g/mol. The van der Waals surface area contributed by atoms with Gasteiger partial charge in [-0.15, -0.1) is 0 Å². The van der Waals surface area contributed by atoms with E-state index in [9.17, 15) is 9.59 Å². The predicted molar refractivity (Wildman–Crippen MR) is 94.8 cm³/mol. The molecule has 0 saturated carbocycles. The fourth-order valence-corrected chi connectivity index (χ4v) is 2.35. The van der Waals surface area contributed by atoms with Gasteiger partial charge >= 0.3 is 5.97 Å². The molecule has 0 spiro atoms. The van der Waals surface area contributed by atoms with E-state index in [1.54, 1.807) is 47.1 Å². The molecule has 7 nitrogen and oxygen atoms in total. The Morgan fingerprint density at radius 3 is 2.35 bits per heavy atom. The Bertz CT molecular complexity index is 666. The van der Waals surface area contributed by atoms with Crippen LogP contribution in [0.2, 0.25) is 0 Å². The maximum atomic E-state index is 12.6. The summed E-state index contributed by atoms with van der Waals surface area (Å²) in [4.78, 5) is 26.2. The molecule has 1 aliphatic rings. The highest BCUT2D eigenvalue weighted by Gasteiger charge is 2.44. The lowest BCUT2D eigenvalue weighted by molar-refractivity contribution is -0.161. The number of methoxy groups -OCH3 is 2. The lowest BCUT2D eigenvalue weighted by Crippen LogP contribution is -2.38.